The smallest absolute Gasteiger partial charge is 0.416 e. The molecule has 184 valence electrons. The molecule has 1 atom stereocenters. The first-order chi connectivity index (χ1) is 16.1. The first-order valence-electron chi connectivity index (χ1n) is 10.8. The van der Waals surface area contributed by atoms with Gasteiger partial charge in [0.05, 0.1) is 35.2 Å². The molecule has 0 N–H and O–H groups in total. The van der Waals surface area contributed by atoms with Crippen LogP contribution in [0.4, 0.5) is 18.9 Å². The third-order valence-electron chi connectivity index (χ3n) is 5.90. The van der Waals surface area contributed by atoms with E-state index in [-0.39, 0.29) is 47.1 Å². The highest BCUT2D eigenvalue weighted by atomic mass is 32.2. The molecule has 4 rings (SSSR count). The first kappa shape index (κ1) is 24.3. The van der Waals surface area contributed by atoms with E-state index >= 15 is 0 Å². The molecule has 2 aliphatic rings. The van der Waals surface area contributed by atoms with Gasteiger partial charge >= 0.3 is 6.18 Å². The fraction of sp³-hybridized carbons (Fsp3) is 0.455. The topological polar surface area (TPSA) is 89.0 Å². The van der Waals surface area contributed by atoms with Gasteiger partial charge in [0.1, 0.15) is 12.3 Å². The number of methoxy groups -OCH3 is 1. The minimum atomic E-state index is -4.58. The number of carbonyl (C=O) groups is 1. The number of halogens is 3. The summed E-state index contributed by atoms with van der Waals surface area (Å²) in [6.07, 6.45) is -0.610. The number of pyridine rings is 1. The molecule has 0 radical (unpaired) electrons. The van der Waals surface area contributed by atoms with E-state index in [0.29, 0.717) is 13.2 Å². The first-order valence-corrected chi connectivity index (χ1v) is 12.2. The van der Waals surface area contributed by atoms with E-state index in [0.717, 1.165) is 47.8 Å². The minimum absolute atomic E-state index is 0.00912. The normalized spacial score (nSPS) is 18.9. The van der Waals surface area contributed by atoms with E-state index in [1.54, 1.807) is 12.0 Å². The summed E-state index contributed by atoms with van der Waals surface area (Å²) in [5.41, 5.74) is -0.687. The zero-order chi connectivity index (χ0) is 24.5. The number of amides is 1. The van der Waals surface area contributed by atoms with Gasteiger partial charge in [-0.05, 0) is 49.6 Å². The summed E-state index contributed by atoms with van der Waals surface area (Å²) in [6.45, 7) is 0.872. The van der Waals surface area contributed by atoms with Crippen LogP contribution in [0.2, 0.25) is 0 Å². The van der Waals surface area contributed by atoms with Crippen molar-refractivity contribution in [1.29, 1.82) is 0 Å². The number of carbonyl (C=O) groups excluding carboxylic acids is 1. The molecule has 12 heteroatoms. The maximum absolute atomic E-state index is 13.3. The molecule has 1 saturated heterocycles. The van der Waals surface area contributed by atoms with E-state index < -0.39 is 21.8 Å². The van der Waals surface area contributed by atoms with Crippen LogP contribution in [0.25, 0.3) is 0 Å². The molecule has 1 amide bonds. The lowest BCUT2D eigenvalue weighted by Crippen LogP contribution is -2.46. The summed E-state index contributed by atoms with van der Waals surface area (Å²) < 4.78 is 77.0. The lowest BCUT2D eigenvalue weighted by atomic mass is 10.0. The number of aromatic nitrogens is 1. The summed E-state index contributed by atoms with van der Waals surface area (Å²) in [5.74, 6) is -0.264. The molecule has 8 nitrogen and oxygen atoms in total. The van der Waals surface area contributed by atoms with E-state index in [1.165, 1.54) is 12.3 Å². The Bertz CT molecular complexity index is 1150. The average Bonchev–Trinajstić information content (AvgIpc) is 2.83. The van der Waals surface area contributed by atoms with Crippen molar-refractivity contribution in [3.8, 4) is 5.88 Å². The van der Waals surface area contributed by atoms with Crippen molar-refractivity contribution < 1.29 is 35.9 Å². The molecule has 0 spiro atoms. The molecule has 0 bridgehead atoms. The fourth-order valence-electron chi connectivity index (χ4n) is 4.19. The number of hydrogen-bond acceptors (Lipinski definition) is 6. The second kappa shape index (κ2) is 9.41. The van der Waals surface area contributed by atoms with Crippen molar-refractivity contribution in [3.63, 3.8) is 0 Å². The number of sulfonamides is 1. The van der Waals surface area contributed by atoms with Crippen LogP contribution in [0.1, 0.15) is 35.2 Å². The number of likely N-dealkylation sites (tertiary alicyclic amines) is 1. The highest BCUT2D eigenvalue weighted by Gasteiger charge is 2.35. The van der Waals surface area contributed by atoms with Crippen molar-refractivity contribution in [2.75, 3.05) is 37.7 Å². The molecule has 2 aliphatic heterocycles. The number of anilines is 1. The monoisotopic (exact) mass is 499 g/mol. The van der Waals surface area contributed by atoms with Gasteiger partial charge in [0, 0.05) is 19.9 Å². The van der Waals surface area contributed by atoms with Crippen LogP contribution in [0.15, 0.2) is 41.4 Å². The number of fused-ring (bicyclic) bond motifs is 1. The average molecular weight is 500 g/mol. The van der Waals surface area contributed by atoms with Gasteiger partial charge in [-0.2, -0.15) is 13.2 Å². The van der Waals surface area contributed by atoms with Gasteiger partial charge < -0.3 is 14.4 Å². The van der Waals surface area contributed by atoms with Gasteiger partial charge in [0.25, 0.3) is 15.9 Å². The van der Waals surface area contributed by atoms with Gasteiger partial charge in [-0.15, -0.1) is 0 Å². The Morgan fingerprint density at radius 3 is 2.62 bits per heavy atom. The Labute approximate surface area is 195 Å². The van der Waals surface area contributed by atoms with Crippen molar-refractivity contribution >= 4 is 21.6 Å². The molecule has 0 saturated carbocycles. The third kappa shape index (κ3) is 4.69. The molecular weight excluding hydrogens is 475 g/mol. The molecule has 1 aromatic carbocycles. The highest BCUT2D eigenvalue weighted by molar-refractivity contribution is 7.92. The predicted octanol–water partition coefficient (Wildman–Crippen LogP) is 3.33. The molecule has 3 heterocycles. The van der Waals surface area contributed by atoms with Crippen LogP contribution in [-0.2, 0) is 20.9 Å². The Balaban J connectivity index is 1.66. The number of hydrogen-bond donors (Lipinski definition) is 0. The van der Waals surface area contributed by atoms with Crippen molar-refractivity contribution in [1.82, 2.24) is 9.88 Å². The zero-order valence-electron chi connectivity index (χ0n) is 18.4. The van der Waals surface area contributed by atoms with Crippen LogP contribution in [0.5, 0.6) is 5.88 Å². The molecule has 1 fully saturated rings. The summed E-state index contributed by atoms with van der Waals surface area (Å²) in [4.78, 5) is 18.8. The highest BCUT2D eigenvalue weighted by Crippen LogP contribution is 2.36. The quantitative estimate of drug-likeness (QED) is 0.627. The number of benzene rings is 1. The third-order valence-corrected chi connectivity index (χ3v) is 7.73. The maximum atomic E-state index is 13.3. The maximum Gasteiger partial charge on any atom is 0.416 e. The standard InChI is InChI=1S/C22H24F3N3O5S/c1-32-14-17-4-2-3-9-27(17)21(29)15-12-19-20(26-13-15)33-11-10-28(19)34(30,31)18-7-5-16(6-8-18)22(23,24)25/h5-8,12-13,17H,2-4,9-11,14H2,1H3. The fourth-order valence-corrected chi connectivity index (χ4v) is 5.62. The number of ether oxygens (including phenoxy) is 2. The summed E-state index contributed by atoms with van der Waals surface area (Å²) in [6, 6.07) is 4.59. The van der Waals surface area contributed by atoms with E-state index in [1.807, 2.05) is 0 Å². The van der Waals surface area contributed by atoms with E-state index in [2.05, 4.69) is 4.98 Å². The van der Waals surface area contributed by atoms with Crippen molar-refractivity contribution in [3.05, 3.63) is 47.7 Å². The Morgan fingerprint density at radius 1 is 1.21 bits per heavy atom. The summed E-state index contributed by atoms with van der Waals surface area (Å²) >= 11 is 0. The Kier molecular flexibility index (Phi) is 6.72. The number of nitrogens with zero attached hydrogens (tertiary/aromatic N) is 3. The Morgan fingerprint density at radius 2 is 1.94 bits per heavy atom. The van der Waals surface area contributed by atoms with Gasteiger partial charge in [0.2, 0.25) is 5.88 Å². The molecule has 1 aromatic heterocycles. The van der Waals surface area contributed by atoms with Crippen LogP contribution in [-0.4, -0.2) is 63.7 Å². The number of alkyl halides is 3. The summed E-state index contributed by atoms with van der Waals surface area (Å²) in [5, 5.41) is 0. The second-order valence-electron chi connectivity index (χ2n) is 8.10. The molecule has 34 heavy (non-hydrogen) atoms. The SMILES string of the molecule is COCC1CCCCN1C(=O)c1cnc2c(c1)N(S(=O)(=O)c1ccc(C(F)(F)F)cc1)CCO2. The Hall–Kier alpha value is -2.86. The van der Waals surface area contributed by atoms with Crippen molar-refractivity contribution in [2.24, 2.45) is 0 Å². The van der Waals surface area contributed by atoms with Gasteiger partial charge in [0.15, 0.2) is 0 Å². The van der Waals surface area contributed by atoms with Crippen LogP contribution in [0, 0.1) is 0 Å². The largest absolute Gasteiger partial charge is 0.474 e. The van der Waals surface area contributed by atoms with Crippen molar-refractivity contribution in [2.45, 2.75) is 36.4 Å². The van der Waals surface area contributed by atoms with Gasteiger partial charge in [-0.1, -0.05) is 0 Å². The lowest BCUT2D eigenvalue weighted by molar-refractivity contribution is -0.137. The van der Waals surface area contributed by atoms with Crippen LogP contribution >= 0.6 is 0 Å². The predicted molar refractivity (Wildman–Crippen MR) is 116 cm³/mol. The number of piperidine rings is 1. The van der Waals surface area contributed by atoms with Gasteiger partial charge in [-0.25, -0.2) is 13.4 Å². The summed E-state index contributed by atoms with van der Waals surface area (Å²) in [7, 11) is -2.65. The van der Waals surface area contributed by atoms with E-state index in [9.17, 15) is 26.4 Å². The number of rotatable bonds is 5. The molecule has 1 unspecified atom stereocenters. The zero-order valence-corrected chi connectivity index (χ0v) is 19.2. The van der Waals surface area contributed by atoms with Crippen LogP contribution in [0.3, 0.4) is 0 Å². The molecule has 2 aromatic rings. The molecule has 0 aliphatic carbocycles. The molecular formula is C22H24F3N3O5S. The van der Waals surface area contributed by atoms with Gasteiger partial charge in [-0.3, -0.25) is 9.10 Å². The van der Waals surface area contributed by atoms with Crippen LogP contribution < -0.4 is 9.04 Å². The second-order valence-corrected chi connectivity index (χ2v) is 9.96. The van der Waals surface area contributed by atoms with E-state index in [4.69, 9.17) is 9.47 Å². The minimum Gasteiger partial charge on any atom is -0.474 e. The lowest BCUT2D eigenvalue weighted by Gasteiger charge is -2.36.